The van der Waals surface area contributed by atoms with Gasteiger partial charge in [0.05, 0.1) is 7.11 Å². The summed E-state index contributed by atoms with van der Waals surface area (Å²) in [5.74, 6) is 7.25. The van der Waals surface area contributed by atoms with Crippen molar-refractivity contribution in [1.29, 1.82) is 0 Å². The normalized spacial score (nSPS) is 9.50. The molecule has 0 spiro atoms. The summed E-state index contributed by atoms with van der Waals surface area (Å²) in [6.07, 6.45) is 2.92. The molecule has 86 valence electrons. The molecular formula is C15H20O. The molecule has 0 aliphatic carbocycles. The standard InChI is InChI=1S/C15H20O/c1-5-6-7-8-9-14-10-13(3)15(16-4)11-12(14)2/h10-11H,5,8-9H2,1-4H3. The quantitative estimate of drug-likeness (QED) is 0.701. The molecule has 0 atom stereocenters. The van der Waals surface area contributed by atoms with E-state index < -0.39 is 0 Å². The van der Waals surface area contributed by atoms with Crippen LogP contribution in [-0.2, 0) is 6.42 Å². The summed E-state index contributed by atoms with van der Waals surface area (Å²) in [5.41, 5.74) is 3.87. The lowest BCUT2D eigenvalue weighted by Crippen LogP contribution is -1.94. The van der Waals surface area contributed by atoms with Crippen LogP contribution in [0.15, 0.2) is 12.1 Å². The van der Waals surface area contributed by atoms with Gasteiger partial charge in [-0.2, -0.15) is 0 Å². The summed E-state index contributed by atoms with van der Waals surface area (Å²) in [4.78, 5) is 0. The van der Waals surface area contributed by atoms with E-state index in [4.69, 9.17) is 4.74 Å². The Hall–Kier alpha value is -1.42. The number of hydrogen-bond donors (Lipinski definition) is 0. The number of benzene rings is 1. The Morgan fingerprint density at radius 3 is 2.50 bits per heavy atom. The van der Waals surface area contributed by atoms with Crippen molar-refractivity contribution >= 4 is 0 Å². The topological polar surface area (TPSA) is 9.23 Å². The Balaban J connectivity index is 2.77. The predicted molar refractivity (Wildman–Crippen MR) is 68.9 cm³/mol. The molecule has 1 aromatic rings. The van der Waals surface area contributed by atoms with Gasteiger partial charge >= 0.3 is 0 Å². The molecule has 16 heavy (non-hydrogen) atoms. The molecular weight excluding hydrogens is 196 g/mol. The Morgan fingerprint density at radius 2 is 1.88 bits per heavy atom. The van der Waals surface area contributed by atoms with Gasteiger partial charge in [0.1, 0.15) is 5.75 Å². The van der Waals surface area contributed by atoms with Gasteiger partial charge in [0.15, 0.2) is 0 Å². The molecule has 1 heteroatoms. The smallest absolute Gasteiger partial charge is 0.122 e. The summed E-state index contributed by atoms with van der Waals surface area (Å²) in [7, 11) is 1.72. The second-order valence-electron chi connectivity index (χ2n) is 3.96. The van der Waals surface area contributed by atoms with Crippen LogP contribution in [0.5, 0.6) is 5.75 Å². The second kappa shape index (κ2) is 6.23. The summed E-state index contributed by atoms with van der Waals surface area (Å²) in [6, 6.07) is 4.32. The van der Waals surface area contributed by atoms with Crippen LogP contribution in [0.2, 0.25) is 0 Å². The fourth-order valence-electron chi connectivity index (χ4n) is 1.75. The van der Waals surface area contributed by atoms with Crippen molar-refractivity contribution in [2.75, 3.05) is 7.11 Å². The van der Waals surface area contributed by atoms with E-state index >= 15 is 0 Å². The molecule has 0 saturated carbocycles. The van der Waals surface area contributed by atoms with Crippen LogP contribution in [-0.4, -0.2) is 7.11 Å². The van der Waals surface area contributed by atoms with Crippen LogP contribution < -0.4 is 4.74 Å². The van der Waals surface area contributed by atoms with Gasteiger partial charge in [-0.3, -0.25) is 0 Å². The van der Waals surface area contributed by atoms with Gasteiger partial charge in [0.25, 0.3) is 0 Å². The minimum atomic E-state index is 0.945. The van der Waals surface area contributed by atoms with Crippen LogP contribution in [0.3, 0.4) is 0 Å². The zero-order valence-electron chi connectivity index (χ0n) is 10.7. The molecule has 0 fully saturated rings. The van der Waals surface area contributed by atoms with Gasteiger partial charge in [-0.05, 0) is 43.0 Å². The Kier molecular flexibility index (Phi) is 4.92. The summed E-state index contributed by atoms with van der Waals surface area (Å²) in [6.45, 7) is 6.29. The van der Waals surface area contributed by atoms with Gasteiger partial charge in [0, 0.05) is 12.8 Å². The first-order valence-corrected chi connectivity index (χ1v) is 5.78. The minimum Gasteiger partial charge on any atom is -0.496 e. The van der Waals surface area contributed by atoms with E-state index in [1.807, 2.05) is 0 Å². The highest BCUT2D eigenvalue weighted by atomic mass is 16.5. The van der Waals surface area contributed by atoms with Crippen molar-refractivity contribution < 1.29 is 4.74 Å². The van der Waals surface area contributed by atoms with Crippen molar-refractivity contribution in [3.05, 3.63) is 28.8 Å². The van der Waals surface area contributed by atoms with E-state index in [2.05, 4.69) is 44.7 Å². The lowest BCUT2D eigenvalue weighted by Gasteiger charge is -2.10. The van der Waals surface area contributed by atoms with Crippen LogP contribution >= 0.6 is 0 Å². The number of methoxy groups -OCH3 is 1. The van der Waals surface area contributed by atoms with Crippen molar-refractivity contribution in [2.45, 2.75) is 40.0 Å². The summed E-state index contributed by atoms with van der Waals surface area (Å²) in [5, 5.41) is 0. The summed E-state index contributed by atoms with van der Waals surface area (Å²) >= 11 is 0. The van der Waals surface area contributed by atoms with Crippen molar-refractivity contribution in [1.82, 2.24) is 0 Å². The largest absolute Gasteiger partial charge is 0.496 e. The third-order valence-electron chi connectivity index (χ3n) is 2.67. The van der Waals surface area contributed by atoms with Gasteiger partial charge < -0.3 is 4.74 Å². The van der Waals surface area contributed by atoms with E-state index in [1.165, 1.54) is 16.7 Å². The van der Waals surface area contributed by atoms with Gasteiger partial charge in [-0.25, -0.2) is 0 Å². The van der Waals surface area contributed by atoms with Crippen LogP contribution in [0, 0.1) is 25.7 Å². The van der Waals surface area contributed by atoms with Crippen LogP contribution in [0.25, 0.3) is 0 Å². The lowest BCUT2D eigenvalue weighted by molar-refractivity contribution is 0.411. The highest BCUT2D eigenvalue weighted by Gasteiger charge is 2.03. The third-order valence-corrected chi connectivity index (χ3v) is 2.67. The maximum Gasteiger partial charge on any atom is 0.122 e. The Morgan fingerprint density at radius 1 is 1.12 bits per heavy atom. The maximum atomic E-state index is 5.30. The van der Waals surface area contributed by atoms with E-state index in [1.54, 1.807) is 7.11 Å². The van der Waals surface area contributed by atoms with E-state index in [9.17, 15) is 0 Å². The van der Waals surface area contributed by atoms with Gasteiger partial charge in [-0.1, -0.05) is 13.0 Å². The van der Waals surface area contributed by atoms with Gasteiger partial charge in [0.2, 0.25) is 0 Å². The lowest BCUT2D eigenvalue weighted by atomic mass is 10.0. The van der Waals surface area contributed by atoms with E-state index in [0.29, 0.717) is 0 Å². The predicted octanol–water partition coefficient (Wildman–Crippen LogP) is 3.66. The third kappa shape index (κ3) is 3.31. The average molecular weight is 216 g/mol. The molecule has 0 aliphatic heterocycles. The first-order valence-electron chi connectivity index (χ1n) is 5.78. The van der Waals surface area contributed by atoms with Crippen LogP contribution in [0.1, 0.15) is 36.5 Å². The minimum absolute atomic E-state index is 0.945. The second-order valence-corrected chi connectivity index (χ2v) is 3.96. The fourth-order valence-corrected chi connectivity index (χ4v) is 1.75. The molecule has 0 heterocycles. The highest BCUT2D eigenvalue weighted by molar-refractivity contribution is 5.41. The number of aryl methyl sites for hydroxylation is 3. The molecule has 0 saturated heterocycles. The zero-order valence-corrected chi connectivity index (χ0v) is 10.7. The average Bonchev–Trinajstić information content (AvgIpc) is 2.28. The van der Waals surface area contributed by atoms with Gasteiger partial charge in [-0.15, -0.1) is 11.8 Å². The number of ether oxygens (including phenoxy) is 1. The van der Waals surface area contributed by atoms with Crippen molar-refractivity contribution in [3.63, 3.8) is 0 Å². The van der Waals surface area contributed by atoms with E-state index in [-0.39, 0.29) is 0 Å². The first-order chi connectivity index (χ1) is 7.69. The fraction of sp³-hybridized carbons (Fsp3) is 0.467. The highest BCUT2D eigenvalue weighted by Crippen LogP contribution is 2.23. The molecule has 0 aromatic heterocycles. The summed E-state index contributed by atoms with van der Waals surface area (Å²) < 4.78 is 5.30. The monoisotopic (exact) mass is 216 g/mol. The molecule has 0 bridgehead atoms. The molecule has 0 amide bonds. The molecule has 0 N–H and O–H groups in total. The molecule has 0 unspecified atom stereocenters. The number of rotatable bonds is 3. The van der Waals surface area contributed by atoms with Crippen molar-refractivity contribution in [3.8, 4) is 17.6 Å². The molecule has 0 aliphatic rings. The first kappa shape index (κ1) is 12.6. The molecule has 1 aromatic carbocycles. The zero-order chi connectivity index (χ0) is 12.0. The Labute approximate surface area is 98.8 Å². The van der Waals surface area contributed by atoms with E-state index in [0.717, 1.165) is 25.0 Å². The molecule has 1 rings (SSSR count). The maximum absolute atomic E-state index is 5.30. The molecule has 0 radical (unpaired) electrons. The molecule has 1 nitrogen and oxygen atoms in total. The number of hydrogen-bond acceptors (Lipinski definition) is 1. The Bertz CT molecular complexity index is 407. The van der Waals surface area contributed by atoms with Crippen molar-refractivity contribution in [2.24, 2.45) is 0 Å². The SMILES string of the molecule is CCC#CCCc1cc(C)c(OC)cc1C. The van der Waals surface area contributed by atoms with Crippen LogP contribution in [0.4, 0.5) is 0 Å².